The lowest BCUT2D eigenvalue weighted by atomic mass is 10.2. The molecule has 4 aromatic rings. The molecule has 0 N–H and O–H groups in total. The average molecular weight is 430 g/mol. The van der Waals surface area contributed by atoms with Gasteiger partial charge in [-0.05, 0) is 26.0 Å². The summed E-state index contributed by atoms with van der Waals surface area (Å²) >= 11 is 9.02. The van der Waals surface area contributed by atoms with Gasteiger partial charge in [0.25, 0.3) is 0 Å². The molecule has 0 saturated heterocycles. The van der Waals surface area contributed by atoms with Crippen molar-refractivity contribution >= 4 is 40.1 Å². The highest BCUT2D eigenvalue weighted by atomic mass is 35.5. The van der Waals surface area contributed by atoms with Gasteiger partial charge in [-0.15, -0.1) is 27.8 Å². The molecule has 0 aliphatic carbocycles. The lowest BCUT2D eigenvalue weighted by Gasteiger charge is -1.98. The Morgan fingerprint density at radius 3 is 2.64 bits per heavy atom. The zero-order chi connectivity index (χ0) is 19.7. The zero-order valence-electron chi connectivity index (χ0n) is 15.2. The van der Waals surface area contributed by atoms with Gasteiger partial charge >= 0.3 is 0 Å². The predicted molar refractivity (Wildman–Crippen MR) is 112 cm³/mol. The van der Waals surface area contributed by atoms with Crippen molar-refractivity contribution in [1.82, 2.24) is 25.0 Å². The molecule has 0 saturated carbocycles. The molecule has 142 valence electrons. The molecule has 0 amide bonds. The Hall–Kier alpha value is -2.42. The Labute approximate surface area is 174 Å². The summed E-state index contributed by atoms with van der Waals surface area (Å²) in [6, 6.07) is 7.35. The minimum Gasteiger partial charge on any atom is -0.297 e. The van der Waals surface area contributed by atoms with E-state index < -0.39 is 0 Å². The minimum absolute atomic E-state index is 0.0330. The minimum atomic E-state index is 0.0330. The van der Waals surface area contributed by atoms with Crippen molar-refractivity contribution in [1.29, 1.82) is 0 Å². The normalized spacial score (nSPS) is 11.1. The summed E-state index contributed by atoms with van der Waals surface area (Å²) in [7, 11) is 0. The maximum Gasteiger partial charge on any atom is 0.161 e. The highest BCUT2D eigenvalue weighted by Gasteiger charge is 2.14. The van der Waals surface area contributed by atoms with Crippen molar-refractivity contribution in [3.8, 4) is 21.8 Å². The summed E-state index contributed by atoms with van der Waals surface area (Å²) in [5, 5.41) is 12.6. The molecule has 3 aromatic heterocycles. The summed E-state index contributed by atoms with van der Waals surface area (Å²) in [4.78, 5) is 22.5. The van der Waals surface area contributed by atoms with Gasteiger partial charge in [-0.25, -0.2) is 14.6 Å². The number of Topliss-reactive ketones (excluding diaryl/α,β-unsaturated/α-hetero) is 1. The molecule has 0 bridgehead atoms. The van der Waals surface area contributed by atoms with Crippen LogP contribution in [0.2, 0.25) is 5.02 Å². The summed E-state index contributed by atoms with van der Waals surface area (Å²) < 4.78 is 1.55. The van der Waals surface area contributed by atoms with E-state index in [1.54, 1.807) is 34.3 Å². The number of aryl methyl sites for hydroxylation is 2. The molecule has 6 nitrogen and oxygen atoms in total. The molecule has 0 radical (unpaired) electrons. The fourth-order valence-corrected chi connectivity index (χ4v) is 4.69. The van der Waals surface area contributed by atoms with Crippen LogP contribution < -0.4 is 0 Å². The summed E-state index contributed by atoms with van der Waals surface area (Å²) in [5.41, 5.74) is 3.48. The second kappa shape index (κ2) is 7.90. The topological polar surface area (TPSA) is 73.6 Å². The third-order valence-corrected chi connectivity index (χ3v) is 6.25. The molecule has 0 spiro atoms. The second-order valence-electron chi connectivity index (χ2n) is 6.30. The molecule has 3 heterocycles. The average Bonchev–Trinajstić information content (AvgIpc) is 3.36. The number of benzene rings is 1. The predicted octanol–water partition coefficient (Wildman–Crippen LogP) is 4.61. The summed E-state index contributed by atoms with van der Waals surface area (Å²) in [5.74, 6) is 0.0330. The van der Waals surface area contributed by atoms with Crippen molar-refractivity contribution in [2.24, 2.45) is 0 Å². The van der Waals surface area contributed by atoms with Crippen molar-refractivity contribution in [3.05, 3.63) is 56.6 Å². The molecule has 0 aliphatic heterocycles. The van der Waals surface area contributed by atoms with Crippen molar-refractivity contribution < 1.29 is 4.79 Å². The van der Waals surface area contributed by atoms with E-state index in [2.05, 4.69) is 20.3 Å². The van der Waals surface area contributed by atoms with E-state index in [9.17, 15) is 4.79 Å². The molecule has 0 atom stereocenters. The lowest BCUT2D eigenvalue weighted by molar-refractivity contribution is -0.119. The van der Waals surface area contributed by atoms with E-state index in [0.29, 0.717) is 10.7 Å². The van der Waals surface area contributed by atoms with Crippen LogP contribution in [-0.2, 0) is 17.8 Å². The van der Waals surface area contributed by atoms with Gasteiger partial charge in [0.1, 0.15) is 17.2 Å². The van der Waals surface area contributed by atoms with E-state index in [0.717, 1.165) is 31.8 Å². The first-order valence-corrected chi connectivity index (χ1v) is 10.6. The maximum absolute atomic E-state index is 12.4. The van der Waals surface area contributed by atoms with Crippen LogP contribution in [0.4, 0.5) is 0 Å². The number of nitrogens with zero attached hydrogens (tertiary/aromatic N) is 5. The number of hydrogen-bond acceptors (Lipinski definition) is 7. The molecular weight excluding hydrogens is 414 g/mol. The van der Waals surface area contributed by atoms with Gasteiger partial charge in [0.05, 0.1) is 33.9 Å². The largest absolute Gasteiger partial charge is 0.297 e. The van der Waals surface area contributed by atoms with E-state index in [1.807, 2.05) is 31.4 Å². The van der Waals surface area contributed by atoms with Crippen molar-refractivity contribution in [2.75, 3.05) is 0 Å². The highest BCUT2D eigenvalue weighted by molar-refractivity contribution is 7.16. The van der Waals surface area contributed by atoms with Crippen LogP contribution in [-0.4, -0.2) is 30.7 Å². The Morgan fingerprint density at radius 1 is 1.14 bits per heavy atom. The molecule has 0 unspecified atom stereocenters. The number of carbonyl (C=O) groups excluding carboxylic acids is 1. The van der Waals surface area contributed by atoms with E-state index in [4.69, 9.17) is 11.6 Å². The monoisotopic (exact) mass is 429 g/mol. The van der Waals surface area contributed by atoms with Gasteiger partial charge in [-0.3, -0.25) is 4.79 Å². The van der Waals surface area contributed by atoms with Gasteiger partial charge in [0.15, 0.2) is 5.78 Å². The molecule has 0 aliphatic rings. The number of aromatic nitrogens is 5. The molecule has 28 heavy (non-hydrogen) atoms. The SMILES string of the molecule is Cc1nc(C)c(-c2csc(CC(=O)Cn3cc(-c4ccc(Cl)cc4)nn3)n2)s1. The van der Waals surface area contributed by atoms with E-state index >= 15 is 0 Å². The third-order valence-electron chi connectivity index (χ3n) is 4.05. The molecule has 4 rings (SSSR count). The van der Waals surface area contributed by atoms with Gasteiger partial charge in [-0.2, -0.15) is 0 Å². The number of carbonyl (C=O) groups is 1. The first kappa shape index (κ1) is 18.9. The third kappa shape index (κ3) is 4.19. The molecule has 0 fully saturated rings. The molecule has 9 heteroatoms. The Balaban J connectivity index is 1.41. The molecular formula is C19H16ClN5OS2. The number of ketones is 1. The lowest BCUT2D eigenvalue weighted by Crippen LogP contribution is -2.13. The van der Waals surface area contributed by atoms with Gasteiger partial charge < -0.3 is 0 Å². The van der Waals surface area contributed by atoms with E-state index in [-0.39, 0.29) is 18.7 Å². The fraction of sp³-hybridized carbons (Fsp3) is 0.211. The van der Waals surface area contributed by atoms with Crippen molar-refractivity contribution in [2.45, 2.75) is 26.8 Å². The van der Waals surface area contributed by atoms with Gasteiger partial charge in [0, 0.05) is 16.0 Å². The van der Waals surface area contributed by atoms with Crippen LogP contribution in [0.3, 0.4) is 0 Å². The second-order valence-corrected chi connectivity index (χ2v) is 8.88. The standard InChI is InChI=1S/C19H16ClN5OS2/c1-11-19(28-12(2)21-11)17-10-27-18(22-17)7-15(26)8-25-9-16(23-24-25)13-3-5-14(20)6-4-13/h3-6,9-10H,7-8H2,1-2H3. The quantitative estimate of drug-likeness (QED) is 0.447. The van der Waals surface area contributed by atoms with Crippen LogP contribution in [0.1, 0.15) is 15.7 Å². The number of thiazole rings is 2. The number of hydrogen-bond donors (Lipinski definition) is 0. The number of rotatable bonds is 6. The summed E-state index contributed by atoms with van der Waals surface area (Å²) in [6.07, 6.45) is 2.04. The highest BCUT2D eigenvalue weighted by Crippen LogP contribution is 2.30. The van der Waals surface area contributed by atoms with Crippen LogP contribution in [0, 0.1) is 13.8 Å². The fourth-order valence-electron chi connectivity index (χ4n) is 2.80. The smallest absolute Gasteiger partial charge is 0.161 e. The molecule has 1 aromatic carbocycles. The first-order valence-electron chi connectivity index (χ1n) is 8.54. The van der Waals surface area contributed by atoms with Crippen LogP contribution in [0.25, 0.3) is 21.8 Å². The summed E-state index contributed by atoms with van der Waals surface area (Å²) in [6.45, 7) is 4.12. The Kier molecular flexibility index (Phi) is 5.34. The van der Waals surface area contributed by atoms with Gasteiger partial charge in [-0.1, -0.05) is 28.9 Å². The van der Waals surface area contributed by atoms with Crippen LogP contribution in [0.15, 0.2) is 35.8 Å². The van der Waals surface area contributed by atoms with Gasteiger partial charge in [0.2, 0.25) is 0 Å². The Morgan fingerprint density at radius 2 is 1.93 bits per heavy atom. The Bertz CT molecular complexity index is 1130. The first-order chi connectivity index (χ1) is 13.5. The maximum atomic E-state index is 12.4. The zero-order valence-corrected chi connectivity index (χ0v) is 17.6. The van der Waals surface area contributed by atoms with Crippen LogP contribution in [0.5, 0.6) is 0 Å². The number of halogens is 1. The van der Waals surface area contributed by atoms with Crippen LogP contribution >= 0.6 is 34.3 Å². The van der Waals surface area contributed by atoms with E-state index in [1.165, 1.54) is 11.3 Å². The van der Waals surface area contributed by atoms with Crippen molar-refractivity contribution in [3.63, 3.8) is 0 Å².